The summed E-state index contributed by atoms with van der Waals surface area (Å²) in [6.07, 6.45) is 5.18. The highest BCUT2D eigenvalue weighted by Crippen LogP contribution is 2.19. The van der Waals surface area contributed by atoms with Gasteiger partial charge in [-0.15, -0.1) is 0 Å². The number of rotatable bonds is 6. The van der Waals surface area contributed by atoms with Crippen LogP contribution in [0.5, 0.6) is 0 Å². The highest BCUT2D eigenvalue weighted by atomic mass is 16.6. The predicted octanol–water partition coefficient (Wildman–Crippen LogP) is 4.25. The molecule has 0 aliphatic rings. The van der Waals surface area contributed by atoms with Crippen molar-refractivity contribution < 1.29 is 9.53 Å². The third-order valence-corrected chi connectivity index (χ3v) is 3.09. The van der Waals surface area contributed by atoms with Crippen LogP contribution in [0.25, 0.3) is 6.08 Å². The SMILES string of the molecule is C=Nc1nc(CCCN(C)C(=O)OC(C)(C)C)ccc1/C=C\C. The zero-order chi connectivity index (χ0) is 17.5. The number of allylic oxidation sites excluding steroid dienone is 1. The van der Waals surface area contributed by atoms with Crippen LogP contribution in [0.1, 0.15) is 45.4 Å². The van der Waals surface area contributed by atoms with Crippen molar-refractivity contribution in [2.24, 2.45) is 4.99 Å². The van der Waals surface area contributed by atoms with Crippen molar-refractivity contribution in [1.82, 2.24) is 9.88 Å². The molecule has 126 valence electrons. The second-order valence-electron chi connectivity index (χ2n) is 6.38. The van der Waals surface area contributed by atoms with Gasteiger partial charge in [-0.3, -0.25) is 0 Å². The summed E-state index contributed by atoms with van der Waals surface area (Å²) in [6, 6.07) is 3.97. The third-order valence-electron chi connectivity index (χ3n) is 3.09. The number of carbonyl (C=O) groups is 1. The Bertz CT molecular complexity index is 574. The Morgan fingerprint density at radius 1 is 1.43 bits per heavy atom. The first-order valence-corrected chi connectivity index (χ1v) is 7.80. The molecule has 1 aromatic heterocycles. The average Bonchev–Trinajstić information content (AvgIpc) is 2.47. The smallest absolute Gasteiger partial charge is 0.410 e. The van der Waals surface area contributed by atoms with Crippen LogP contribution >= 0.6 is 0 Å². The molecule has 0 fully saturated rings. The molecule has 1 rings (SSSR count). The number of carbonyl (C=O) groups excluding carboxylic acids is 1. The van der Waals surface area contributed by atoms with E-state index < -0.39 is 5.60 Å². The number of pyridine rings is 1. The number of aryl methyl sites for hydroxylation is 1. The molecule has 0 unspecified atom stereocenters. The van der Waals surface area contributed by atoms with Crippen LogP contribution in [-0.4, -0.2) is 41.9 Å². The maximum absolute atomic E-state index is 11.9. The summed E-state index contributed by atoms with van der Waals surface area (Å²) < 4.78 is 5.32. The van der Waals surface area contributed by atoms with Crippen LogP contribution in [0.4, 0.5) is 10.6 Å². The second kappa shape index (κ2) is 8.46. The van der Waals surface area contributed by atoms with Gasteiger partial charge in [0.05, 0.1) is 0 Å². The summed E-state index contributed by atoms with van der Waals surface area (Å²) >= 11 is 0. The van der Waals surface area contributed by atoms with Crippen molar-refractivity contribution in [3.05, 3.63) is 29.5 Å². The Morgan fingerprint density at radius 3 is 2.70 bits per heavy atom. The quantitative estimate of drug-likeness (QED) is 0.737. The maximum atomic E-state index is 11.9. The van der Waals surface area contributed by atoms with Gasteiger partial charge in [0, 0.05) is 24.8 Å². The minimum absolute atomic E-state index is 0.303. The minimum Gasteiger partial charge on any atom is -0.444 e. The van der Waals surface area contributed by atoms with Crippen LogP contribution < -0.4 is 0 Å². The normalized spacial score (nSPS) is 11.5. The van der Waals surface area contributed by atoms with E-state index >= 15 is 0 Å². The summed E-state index contributed by atoms with van der Waals surface area (Å²) in [4.78, 5) is 21.9. The van der Waals surface area contributed by atoms with Crippen LogP contribution in [-0.2, 0) is 11.2 Å². The molecule has 0 atom stereocenters. The predicted molar refractivity (Wildman–Crippen MR) is 95.3 cm³/mol. The molecule has 5 heteroatoms. The summed E-state index contributed by atoms with van der Waals surface area (Å²) in [7, 11) is 1.74. The van der Waals surface area contributed by atoms with Gasteiger partial charge in [-0.2, -0.15) is 0 Å². The molecule has 0 spiro atoms. The molecule has 0 aliphatic heterocycles. The fraction of sp³-hybridized carbons (Fsp3) is 0.500. The van der Waals surface area contributed by atoms with Crippen LogP contribution in [0.15, 0.2) is 23.2 Å². The Hall–Kier alpha value is -2.17. The van der Waals surface area contributed by atoms with Crippen LogP contribution in [0, 0.1) is 0 Å². The highest BCUT2D eigenvalue weighted by Gasteiger charge is 2.19. The number of nitrogens with zero attached hydrogens (tertiary/aromatic N) is 3. The molecule has 1 amide bonds. The van der Waals surface area contributed by atoms with Crippen molar-refractivity contribution >= 4 is 24.7 Å². The second-order valence-corrected chi connectivity index (χ2v) is 6.38. The monoisotopic (exact) mass is 317 g/mol. The summed E-state index contributed by atoms with van der Waals surface area (Å²) in [6.45, 7) is 11.7. The van der Waals surface area contributed by atoms with E-state index in [1.54, 1.807) is 11.9 Å². The standard InChI is InChI=1S/C18H27N3O2/c1-7-9-14-11-12-15(20-16(14)19-5)10-8-13-21(6)17(22)23-18(2,3)4/h7,9,11-12H,5,8,10,13H2,1-4,6H3/b9-7-. The molecular formula is C18H27N3O2. The topological polar surface area (TPSA) is 54.8 Å². The first-order valence-electron chi connectivity index (χ1n) is 7.80. The Balaban J connectivity index is 2.56. The fourth-order valence-corrected chi connectivity index (χ4v) is 2.00. The maximum Gasteiger partial charge on any atom is 0.410 e. The zero-order valence-electron chi connectivity index (χ0n) is 14.8. The Kier molecular flexibility index (Phi) is 6.94. The lowest BCUT2D eigenvalue weighted by atomic mass is 10.1. The molecular weight excluding hydrogens is 290 g/mol. The molecule has 0 N–H and O–H groups in total. The average molecular weight is 317 g/mol. The molecule has 5 nitrogen and oxygen atoms in total. The lowest BCUT2D eigenvalue weighted by Gasteiger charge is -2.24. The van der Waals surface area contributed by atoms with Crippen LogP contribution in [0.2, 0.25) is 0 Å². The minimum atomic E-state index is -0.472. The van der Waals surface area contributed by atoms with Gasteiger partial charge < -0.3 is 9.64 Å². The number of amides is 1. The molecule has 23 heavy (non-hydrogen) atoms. The van der Waals surface area contributed by atoms with Gasteiger partial charge in [0.1, 0.15) is 5.60 Å². The summed E-state index contributed by atoms with van der Waals surface area (Å²) in [5, 5.41) is 0. The molecule has 0 saturated carbocycles. The third kappa shape index (κ3) is 6.63. The number of aromatic nitrogens is 1. The van der Waals surface area contributed by atoms with E-state index in [1.807, 2.05) is 52.0 Å². The van der Waals surface area contributed by atoms with E-state index in [0.29, 0.717) is 12.4 Å². The number of hydrogen-bond donors (Lipinski definition) is 0. The van der Waals surface area contributed by atoms with Gasteiger partial charge in [-0.1, -0.05) is 12.2 Å². The van der Waals surface area contributed by atoms with Gasteiger partial charge in [0.2, 0.25) is 0 Å². The molecule has 0 bridgehead atoms. The highest BCUT2D eigenvalue weighted by molar-refractivity contribution is 5.67. The Labute approximate surface area is 139 Å². The summed E-state index contributed by atoms with van der Waals surface area (Å²) in [5.41, 5.74) is 1.43. The number of aliphatic imine (C=N–C) groups is 1. The first-order chi connectivity index (χ1) is 10.8. The molecule has 1 aromatic rings. The fourth-order valence-electron chi connectivity index (χ4n) is 2.00. The molecule has 0 aliphatic carbocycles. The van der Waals surface area contributed by atoms with Crippen molar-refractivity contribution in [1.29, 1.82) is 0 Å². The Morgan fingerprint density at radius 2 is 2.13 bits per heavy atom. The van der Waals surface area contributed by atoms with Gasteiger partial charge in [0.25, 0.3) is 0 Å². The van der Waals surface area contributed by atoms with Crippen molar-refractivity contribution in [3.63, 3.8) is 0 Å². The van der Waals surface area contributed by atoms with E-state index in [4.69, 9.17) is 4.74 Å². The van der Waals surface area contributed by atoms with E-state index in [-0.39, 0.29) is 6.09 Å². The van der Waals surface area contributed by atoms with Gasteiger partial charge >= 0.3 is 6.09 Å². The van der Waals surface area contributed by atoms with Crippen LogP contribution in [0.3, 0.4) is 0 Å². The van der Waals surface area contributed by atoms with Crippen molar-refractivity contribution in [2.45, 2.75) is 46.1 Å². The first kappa shape index (κ1) is 18.9. The number of hydrogen-bond acceptors (Lipinski definition) is 4. The van der Waals surface area contributed by atoms with E-state index in [2.05, 4.69) is 16.7 Å². The van der Waals surface area contributed by atoms with E-state index in [0.717, 1.165) is 24.1 Å². The van der Waals surface area contributed by atoms with Gasteiger partial charge in [-0.25, -0.2) is 14.8 Å². The molecule has 0 saturated heterocycles. The van der Waals surface area contributed by atoms with Gasteiger partial charge in [0.15, 0.2) is 5.82 Å². The number of ether oxygens (including phenoxy) is 1. The summed E-state index contributed by atoms with van der Waals surface area (Å²) in [5.74, 6) is 0.640. The largest absolute Gasteiger partial charge is 0.444 e. The lowest BCUT2D eigenvalue weighted by molar-refractivity contribution is 0.0297. The lowest BCUT2D eigenvalue weighted by Crippen LogP contribution is -2.34. The van der Waals surface area contributed by atoms with E-state index in [1.165, 1.54) is 0 Å². The molecule has 0 radical (unpaired) electrons. The van der Waals surface area contributed by atoms with Crippen molar-refractivity contribution in [2.75, 3.05) is 13.6 Å². The van der Waals surface area contributed by atoms with Crippen molar-refractivity contribution in [3.8, 4) is 0 Å². The zero-order valence-corrected chi connectivity index (χ0v) is 14.8. The van der Waals surface area contributed by atoms with E-state index in [9.17, 15) is 4.79 Å². The van der Waals surface area contributed by atoms with Gasteiger partial charge in [-0.05, 0) is 59.4 Å². The molecule has 1 heterocycles. The molecule has 0 aromatic carbocycles.